The number of rotatable bonds is 3. The third-order valence-electron chi connectivity index (χ3n) is 2.90. The molecular weight excluding hydrogens is 326 g/mol. The fraction of sp³-hybridized carbons (Fsp3) is 0.364. The molecule has 11 heteroatoms. The largest absolute Gasteiger partial charge is 0.363 e. The number of nitro groups is 1. The second kappa shape index (κ2) is 4.95. The predicted molar refractivity (Wildman–Crippen MR) is 82.7 cm³/mol. The highest BCUT2D eigenvalue weighted by molar-refractivity contribution is 7.99. The summed E-state index contributed by atoms with van der Waals surface area (Å²) >= 11 is 2.36. The van der Waals surface area contributed by atoms with Crippen LogP contribution in [0.3, 0.4) is 0 Å². The van der Waals surface area contributed by atoms with Gasteiger partial charge in [-0.1, -0.05) is 32.1 Å². The molecule has 3 aromatic rings. The fourth-order valence-corrected chi connectivity index (χ4v) is 3.54. The monoisotopic (exact) mass is 339 g/mol. The summed E-state index contributed by atoms with van der Waals surface area (Å²) in [6.07, 6.45) is 1.61. The zero-order valence-corrected chi connectivity index (χ0v) is 13.7. The molecule has 0 amide bonds. The zero-order valence-electron chi connectivity index (χ0n) is 12.0. The number of thiazole rings is 1. The maximum atomic E-state index is 11.3. The molecule has 0 aliphatic rings. The number of nitrogen functional groups attached to an aromatic ring is 1. The number of fused-ring (bicyclic) bond motifs is 1. The van der Waals surface area contributed by atoms with Gasteiger partial charge in [-0.05, 0) is 16.7 Å². The lowest BCUT2D eigenvalue weighted by molar-refractivity contribution is -0.393. The zero-order chi connectivity index (χ0) is 16.1. The van der Waals surface area contributed by atoms with Gasteiger partial charge in [0.15, 0.2) is 5.82 Å². The number of aromatic nitrogens is 5. The first-order chi connectivity index (χ1) is 10.3. The van der Waals surface area contributed by atoms with Gasteiger partial charge in [-0.25, -0.2) is 4.68 Å². The number of hydrogen-bond acceptors (Lipinski definition) is 8. The standard InChI is InChI=1S/C11H13N7O2S2/c1-11(2,3)8-14-15-10(17(8)12)22-6-7(18(19)20)16-4-5-21-9(16)13-6/h4-5H,12H2,1-3H3. The van der Waals surface area contributed by atoms with Crippen molar-refractivity contribution < 1.29 is 4.92 Å². The van der Waals surface area contributed by atoms with Crippen LogP contribution in [0.15, 0.2) is 21.8 Å². The minimum absolute atomic E-state index is 0.0958. The number of nitrogens with zero attached hydrogens (tertiary/aromatic N) is 6. The van der Waals surface area contributed by atoms with Gasteiger partial charge in [0.05, 0.1) is 0 Å². The van der Waals surface area contributed by atoms with E-state index in [9.17, 15) is 10.1 Å². The molecule has 0 bridgehead atoms. The summed E-state index contributed by atoms with van der Waals surface area (Å²) in [7, 11) is 0. The fourth-order valence-electron chi connectivity index (χ4n) is 1.93. The molecule has 3 rings (SSSR count). The third kappa shape index (κ3) is 2.31. The molecule has 0 aliphatic heterocycles. The Labute approximate surface area is 133 Å². The molecule has 0 unspecified atom stereocenters. The van der Waals surface area contributed by atoms with Crippen LogP contribution in [0.4, 0.5) is 5.82 Å². The summed E-state index contributed by atoms with van der Waals surface area (Å²) < 4.78 is 2.79. The molecule has 2 N–H and O–H groups in total. The molecule has 0 atom stereocenters. The van der Waals surface area contributed by atoms with E-state index in [0.717, 1.165) is 11.8 Å². The van der Waals surface area contributed by atoms with E-state index in [0.29, 0.717) is 15.9 Å². The number of nitrogens with two attached hydrogens (primary N) is 1. The van der Waals surface area contributed by atoms with Crippen molar-refractivity contribution in [2.75, 3.05) is 5.84 Å². The molecule has 0 saturated carbocycles. The minimum Gasteiger partial charge on any atom is -0.358 e. The number of hydrogen-bond donors (Lipinski definition) is 1. The Morgan fingerprint density at radius 1 is 1.41 bits per heavy atom. The summed E-state index contributed by atoms with van der Waals surface area (Å²) in [4.78, 5) is 15.7. The lowest BCUT2D eigenvalue weighted by Crippen LogP contribution is -2.24. The first-order valence-electron chi connectivity index (χ1n) is 6.28. The maximum absolute atomic E-state index is 11.3. The van der Waals surface area contributed by atoms with Gasteiger partial charge in [0.2, 0.25) is 10.2 Å². The molecule has 0 saturated heterocycles. The Morgan fingerprint density at radius 2 is 2.14 bits per heavy atom. The van der Waals surface area contributed by atoms with E-state index in [4.69, 9.17) is 5.84 Å². The molecule has 9 nitrogen and oxygen atoms in total. The smallest absolute Gasteiger partial charge is 0.358 e. The van der Waals surface area contributed by atoms with E-state index in [-0.39, 0.29) is 16.3 Å². The van der Waals surface area contributed by atoms with Crippen molar-refractivity contribution in [2.24, 2.45) is 0 Å². The third-order valence-corrected chi connectivity index (χ3v) is 4.59. The van der Waals surface area contributed by atoms with Crippen molar-refractivity contribution in [3.8, 4) is 0 Å². The van der Waals surface area contributed by atoms with Crippen LogP contribution in [0, 0.1) is 10.1 Å². The normalized spacial score (nSPS) is 12.1. The highest BCUT2D eigenvalue weighted by Gasteiger charge is 2.28. The van der Waals surface area contributed by atoms with E-state index in [1.807, 2.05) is 20.8 Å². The predicted octanol–water partition coefficient (Wildman–Crippen LogP) is 2.06. The summed E-state index contributed by atoms with van der Waals surface area (Å²) in [5, 5.41) is 21.7. The van der Waals surface area contributed by atoms with Crippen LogP contribution in [0.2, 0.25) is 0 Å². The molecule has 3 heterocycles. The number of imidazole rings is 1. The summed E-state index contributed by atoms with van der Waals surface area (Å²) in [5.41, 5.74) is -0.277. The van der Waals surface area contributed by atoms with Crippen molar-refractivity contribution in [1.82, 2.24) is 24.3 Å². The quantitative estimate of drug-likeness (QED) is 0.441. The van der Waals surface area contributed by atoms with Crippen molar-refractivity contribution in [2.45, 2.75) is 36.4 Å². The van der Waals surface area contributed by atoms with Gasteiger partial charge in [-0.15, -0.1) is 10.2 Å². The van der Waals surface area contributed by atoms with Gasteiger partial charge in [-0.2, -0.15) is 9.38 Å². The molecule has 116 valence electrons. The minimum atomic E-state index is -0.461. The van der Waals surface area contributed by atoms with Crippen molar-refractivity contribution in [3.05, 3.63) is 27.5 Å². The molecule has 22 heavy (non-hydrogen) atoms. The van der Waals surface area contributed by atoms with Crippen LogP contribution < -0.4 is 5.84 Å². The van der Waals surface area contributed by atoms with Gasteiger partial charge < -0.3 is 16.0 Å². The van der Waals surface area contributed by atoms with E-state index < -0.39 is 4.92 Å². The van der Waals surface area contributed by atoms with Crippen molar-refractivity contribution >= 4 is 33.9 Å². The second-order valence-corrected chi connectivity index (χ2v) is 7.41. The highest BCUT2D eigenvalue weighted by Crippen LogP contribution is 2.35. The second-order valence-electron chi connectivity index (χ2n) is 5.58. The Morgan fingerprint density at radius 3 is 2.73 bits per heavy atom. The van der Waals surface area contributed by atoms with Crippen LogP contribution in [-0.2, 0) is 5.41 Å². The Hall–Kier alpha value is -2.14. The van der Waals surface area contributed by atoms with Gasteiger partial charge in [0.25, 0.3) is 4.96 Å². The van der Waals surface area contributed by atoms with Crippen molar-refractivity contribution in [3.63, 3.8) is 0 Å². The molecular formula is C11H13N7O2S2. The first-order valence-corrected chi connectivity index (χ1v) is 7.97. The van der Waals surface area contributed by atoms with E-state index in [1.165, 1.54) is 20.4 Å². The van der Waals surface area contributed by atoms with Gasteiger partial charge in [0.1, 0.15) is 6.20 Å². The summed E-state index contributed by atoms with van der Waals surface area (Å²) in [6, 6.07) is 0. The average molecular weight is 339 g/mol. The highest BCUT2D eigenvalue weighted by atomic mass is 32.2. The molecule has 0 aliphatic carbocycles. The van der Waals surface area contributed by atoms with Crippen LogP contribution in [0.1, 0.15) is 26.6 Å². The Balaban J connectivity index is 2.04. The molecule has 0 spiro atoms. The maximum Gasteiger partial charge on any atom is 0.363 e. The molecule has 0 fully saturated rings. The topological polar surface area (TPSA) is 117 Å². The van der Waals surface area contributed by atoms with Gasteiger partial charge in [-0.3, -0.25) is 0 Å². The molecule has 0 radical (unpaired) electrons. The summed E-state index contributed by atoms with van der Waals surface area (Å²) in [6.45, 7) is 5.89. The lowest BCUT2D eigenvalue weighted by atomic mass is 9.96. The van der Waals surface area contributed by atoms with E-state index in [1.54, 1.807) is 11.6 Å². The van der Waals surface area contributed by atoms with E-state index in [2.05, 4.69) is 15.2 Å². The van der Waals surface area contributed by atoms with Crippen molar-refractivity contribution in [1.29, 1.82) is 0 Å². The summed E-state index contributed by atoms with van der Waals surface area (Å²) in [5.74, 6) is 6.50. The van der Waals surface area contributed by atoms with Crippen LogP contribution in [0.5, 0.6) is 0 Å². The van der Waals surface area contributed by atoms with Gasteiger partial charge in [0, 0.05) is 10.8 Å². The van der Waals surface area contributed by atoms with E-state index >= 15 is 0 Å². The van der Waals surface area contributed by atoms with Crippen LogP contribution in [-0.4, -0.2) is 29.2 Å². The average Bonchev–Trinajstić information content (AvgIpc) is 3.03. The Kier molecular flexibility index (Phi) is 3.33. The van der Waals surface area contributed by atoms with Crippen LogP contribution >= 0.6 is 23.1 Å². The SMILES string of the molecule is CC(C)(C)c1nnc(Sc2nc3sccn3c2[N+](=O)[O-])n1N. The van der Waals surface area contributed by atoms with Crippen LogP contribution in [0.25, 0.3) is 4.96 Å². The molecule has 0 aromatic carbocycles. The lowest BCUT2D eigenvalue weighted by Gasteiger charge is -2.16. The Bertz CT molecular complexity index is 858. The molecule has 3 aromatic heterocycles. The van der Waals surface area contributed by atoms with Gasteiger partial charge >= 0.3 is 5.82 Å². The first kappa shape index (κ1) is 14.8.